The van der Waals surface area contributed by atoms with E-state index in [9.17, 15) is 4.79 Å². The number of carbonyl (C=O) groups is 1. The standard InChI is InChI=1S/C10H17ClN6O2/c1-6(7(18)13-4-5-19-3)14-10-16-8(11)15-9(12-2)17-10/h6H,4-5H2,1-3H3,(H,13,18)(H2,12,14,15,16,17). The lowest BCUT2D eigenvalue weighted by Gasteiger charge is -2.14. The SMILES string of the molecule is CNc1nc(Cl)nc(NC(C)C(=O)NCCOC)n1. The van der Waals surface area contributed by atoms with E-state index in [4.69, 9.17) is 16.3 Å². The van der Waals surface area contributed by atoms with Crippen LogP contribution in [0.25, 0.3) is 0 Å². The van der Waals surface area contributed by atoms with Gasteiger partial charge in [-0.1, -0.05) is 0 Å². The Hall–Kier alpha value is -1.67. The van der Waals surface area contributed by atoms with Crippen molar-refractivity contribution in [3.05, 3.63) is 5.28 Å². The Labute approximate surface area is 116 Å². The van der Waals surface area contributed by atoms with Crippen molar-refractivity contribution in [1.82, 2.24) is 20.3 Å². The zero-order valence-corrected chi connectivity index (χ0v) is 11.8. The molecule has 0 bridgehead atoms. The van der Waals surface area contributed by atoms with Gasteiger partial charge in [0, 0.05) is 20.7 Å². The van der Waals surface area contributed by atoms with Crippen LogP contribution in [0.4, 0.5) is 11.9 Å². The van der Waals surface area contributed by atoms with Crippen molar-refractivity contribution >= 4 is 29.4 Å². The van der Waals surface area contributed by atoms with Gasteiger partial charge in [-0.2, -0.15) is 15.0 Å². The van der Waals surface area contributed by atoms with E-state index in [0.29, 0.717) is 19.1 Å². The molecule has 0 aliphatic heterocycles. The highest BCUT2D eigenvalue weighted by atomic mass is 35.5. The predicted molar refractivity (Wildman–Crippen MR) is 72.4 cm³/mol. The van der Waals surface area contributed by atoms with Crippen molar-refractivity contribution in [2.45, 2.75) is 13.0 Å². The molecule has 0 saturated heterocycles. The summed E-state index contributed by atoms with van der Waals surface area (Å²) >= 11 is 5.73. The molecular formula is C10H17ClN6O2. The van der Waals surface area contributed by atoms with Crippen LogP contribution in [0.2, 0.25) is 5.28 Å². The maximum absolute atomic E-state index is 11.7. The number of halogens is 1. The number of nitrogens with one attached hydrogen (secondary N) is 3. The zero-order valence-electron chi connectivity index (χ0n) is 11.0. The van der Waals surface area contributed by atoms with Gasteiger partial charge in [-0.15, -0.1) is 0 Å². The maximum Gasteiger partial charge on any atom is 0.242 e. The van der Waals surface area contributed by atoms with Gasteiger partial charge in [0.2, 0.25) is 23.1 Å². The van der Waals surface area contributed by atoms with Crippen LogP contribution in [-0.2, 0) is 9.53 Å². The third-order valence-corrected chi connectivity index (χ3v) is 2.35. The lowest BCUT2D eigenvalue weighted by molar-refractivity contribution is -0.121. The molecule has 1 amide bonds. The number of hydrogen-bond acceptors (Lipinski definition) is 7. The van der Waals surface area contributed by atoms with Crippen LogP contribution in [0, 0.1) is 0 Å². The molecule has 19 heavy (non-hydrogen) atoms. The van der Waals surface area contributed by atoms with Gasteiger partial charge < -0.3 is 20.7 Å². The highest BCUT2D eigenvalue weighted by Crippen LogP contribution is 2.09. The van der Waals surface area contributed by atoms with E-state index in [0.717, 1.165) is 0 Å². The lowest BCUT2D eigenvalue weighted by atomic mass is 10.3. The first-order valence-corrected chi connectivity index (χ1v) is 6.07. The van der Waals surface area contributed by atoms with Crippen molar-refractivity contribution in [2.24, 2.45) is 0 Å². The Kier molecular flexibility index (Phi) is 6.23. The molecule has 1 atom stereocenters. The molecule has 0 fully saturated rings. The second-order valence-electron chi connectivity index (χ2n) is 3.65. The summed E-state index contributed by atoms with van der Waals surface area (Å²) in [7, 11) is 3.23. The summed E-state index contributed by atoms with van der Waals surface area (Å²) in [5.74, 6) is 0.382. The van der Waals surface area contributed by atoms with E-state index in [-0.39, 0.29) is 17.1 Å². The van der Waals surface area contributed by atoms with Gasteiger partial charge >= 0.3 is 0 Å². The summed E-state index contributed by atoms with van der Waals surface area (Å²) in [6.45, 7) is 2.60. The normalized spacial score (nSPS) is 11.8. The van der Waals surface area contributed by atoms with Gasteiger partial charge in [0.15, 0.2) is 0 Å². The van der Waals surface area contributed by atoms with Gasteiger partial charge in [-0.25, -0.2) is 0 Å². The van der Waals surface area contributed by atoms with Crippen molar-refractivity contribution in [1.29, 1.82) is 0 Å². The summed E-state index contributed by atoms with van der Waals surface area (Å²) in [5, 5.41) is 8.34. The number of ether oxygens (including phenoxy) is 1. The fraction of sp³-hybridized carbons (Fsp3) is 0.600. The van der Waals surface area contributed by atoms with E-state index >= 15 is 0 Å². The first-order chi connectivity index (χ1) is 9.06. The first-order valence-electron chi connectivity index (χ1n) is 5.69. The lowest BCUT2D eigenvalue weighted by Crippen LogP contribution is -2.39. The van der Waals surface area contributed by atoms with Crippen LogP contribution in [0.15, 0.2) is 0 Å². The third-order valence-electron chi connectivity index (χ3n) is 2.18. The second kappa shape index (κ2) is 7.70. The third kappa shape index (κ3) is 5.23. The van der Waals surface area contributed by atoms with Crippen LogP contribution < -0.4 is 16.0 Å². The Morgan fingerprint density at radius 1 is 1.37 bits per heavy atom. The van der Waals surface area contributed by atoms with Crippen LogP contribution in [0.3, 0.4) is 0 Å². The monoisotopic (exact) mass is 288 g/mol. The maximum atomic E-state index is 11.7. The Morgan fingerprint density at radius 3 is 2.68 bits per heavy atom. The smallest absolute Gasteiger partial charge is 0.242 e. The molecule has 0 aliphatic carbocycles. The van der Waals surface area contributed by atoms with E-state index < -0.39 is 6.04 Å². The van der Waals surface area contributed by atoms with Crippen molar-refractivity contribution in [3.63, 3.8) is 0 Å². The summed E-state index contributed by atoms with van der Waals surface area (Å²) in [6.07, 6.45) is 0. The highest BCUT2D eigenvalue weighted by Gasteiger charge is 2.14. The summed E-state index contributed by atoms with van der Waals surface area (Å²) < 4.78 is 4.84. The summed E-state index contributed by atoms with van der Waals surface area (Å²) in [4.78, 5) is 23.5. The molecular weight excluding hydrogens is 272 g/mol. The Balaban J connectivity index is 2.58. The van der Waals surface area contributed by atoms with E-state index in [1.165, 1.54) is 0 Å². The predicted octanol–water partition coefficient (Wildman–Crippen LogP) is 0.130. The van der Waals surface area contributed by atoms with E-state index in [1.807, 2.05) is 0 Å². The quantitative estimate of drug-likeness (QED) is 0.613. The number of amides is 1. The van der Waals surface area contributed by atoms with Gasteiger partial charge in [0.1, 0.15) is 6.04 Å². The highest BCUT2D eigenvalue weighted by molar-refractivity contribution is 6.28. The Bertz CT molecular complexity index is 430. The van der Waals surface area contributed by atoms with Gasteiger partial charge in [-0.3, -0.25) is 4.79 Å². The summed E-state index contributed by atoms with van der Waals surface area (Å²) in [6, 6.07) is -0.500. The molecule has 0 spiro atoms. The minimum Gasteiger partial charge on any atom is -0.383 e. The van der Waals surface area contributed by atoms with Crippen LogP contribution >= 0.6 is 11.6 Å². The zero-order chi connectivity index (χ0) is 14.3. The largest absolute Gasteiger partial charge is 0.383 e. The molecule has 106 valence electrons. The second-order valence-corrected chi connectivity index (χ2v) is 3.99. The molecule has 3 N–H and O–H groups in total. The molecule has 1 unspecified atom stereocenters. The molecule has 1 heterocycles. The number of methoxy groups -OCH3 is 1. The van der Waals surface area contributed by atoms with Crippen molar-refractivity contribution in [3.8, 4) is 0 Å². The van der Waals surface area contributed by atoms with E-state index in [2.05, 4.69) is 30.9 Å². The van der Waals surface area contributed by atoms with Crippen molar-refractivity contribution in [2.75, 3.05) is 37.9 Å². The number of rotatable bonds is 7. The van der Waals surface area contributed by atoms with Crippen LogP contribution in [0.1, 0.15) is 6.92 Å². The minimum absolute atomic E-state index is 0.0499. The molecule has 8 nitrogen and oxygen atoms in total. The van der Waals surface area contributed by atoms with Gasteiger partial charge in [0.25, 0.3) is 0 Å². The summed E-state index contributed by atoms with van der Waals surface area (Å²) in [5.41, 5.74) is 0. The molecule has 0 aromatic carbocycles. The average Bonchev–Trinajstić information content (AvgIpc) is 2.38. The molecule has 1 aromatic rings. The van der Waals surface area contributed by atoms with Crippen LogP contribution in [-0.4, -0.2) is 54.2 Å². The molecule has 9 heteroatoms. The number of nitrogens with zero attached hydrogens (tertiary/aromatic N) is 3. The average molecular weight is 289 g/mol. The van der Waals surface area contributed by atoms with Gasteiger partial charge in [-0.05, 0) is 18.5 Å². The number of anilines is 2. The van der Waals surface area contributed by atoms with Crippen LogP contribution in [0.5, 0.6) is 0 Å². The molecule has 0 saturated carbocycles. The Morgan fingerprint density at radius 2 is 2.05 bits per heavy atom. The number of hydrogen-bond donors (Lipinski definition) is 3. The molecule has 0 aliphatic rings. The van der Waals surface area contributed by atoms with Gasteiger partial charge in [0.05, 0.1) is 6.61 Å². The molecule has 1 aromatic heterocycles. The molecule has 1 rings (SSSR count). The first kappa shape index (κ1) is 15.4. The molecule has 0 radical (unpaired) electrons. The number of carbonyl (C=O) groups excluding carboxylic acids is 1. The number of aromatic nitrogens is 3. The fourth-order valence-corrected chi connectivity index (χ4v) is 1.38. The minimum atomic E-state index is -0.500. The van der Waals surface area contributed by atoms with E-state index in [1.54, 1.807) is 21.1 Å². The van der Waals surface area contributed by atoms with Crippen molar-refractivity contribution < 1.29 is 9.53 Å². The fourth-order valence-electron chi connectivity index (χ4n) is 1.22. The topological polar surface area (TPSA) is 101 Å².